The van der Waals surface area contributed by atoms with Crippen LogP contribution in [0.3, 0.4) is 0 Å². The number of nitrogens with one attached hydrogen (secondary N) is 1. The number of amides is 2. The molecule has 1 aliphatic rings. The van der Waals surface area contributed by atoms with Crippen molar-refractivity contribution in [3.8, 4) is 0 Å². The normalized spacial score (nSPS) is 16.5. The summed E-state index contributed by atoms with van der Waals surface area (Å²) in [4.78, 5) is 26.3. The number of hydrogen-bond acceptors (Lipinski definition) is 3. The van der Waals surface area contributed by atoms with Gasteiger partial charge >= 0.3 is 0 Å². The molecule has 0 aromatic heterocycles. The predicted octanol–water partition coefficient (Wildman–Crippen LogP) is 3.48. The van der Waals surface area contributed by atoms with E-state index in [0.717, 1.165) is 11.1 Å². The molecule has 3 rings (SSSR count). The fourth-order valence-electron chi connectivity index (χ4n) is 2.34. The van der Waals surface area contributed by atoms with Crippen LogP contribution in [0.5, 0.6) is 0 Å². The van der Waals surface area contributed by atoms with Crippen LogP contribution in [0.15, 0.2) is 54.1 Å². The molecular weight excluding hydrogens is 344 g/mol. The summed E-state index contributed by atoms with van der Waals surface area (Å²) >= 11 is 11.1. The molecule has 1 aliphatic heterocycles. The first-order valence-electron chi connectivity index (χ1n) is 7.19. The highest BCUT2D eigenvalue weighted by atomic mass is 35.5. The van der Waals surface area contributed by atoms with Gasteiger partial charge in [-0.05, 0) is 49.0 Å². The molecule has 0 unspecified atom stereocenters. The molecule has 4 nitrogen and oxygen atoms in total. The zero-order valence-electron chi connectivity index (χ0n) is 12.7. The van der Waals surface area contributed by atoms with E-state index in [1.807, 2.05) is 31.2 Å². The van der Waals surface area contributed by atoms with Crippen molar-refractivity contribution in [3.05, 3.63) is 70.3 Å². The second-order valence-electron chi connectivity index (χ2n) is 5.35. The fourth-order valence-corrected chi connectivity index (χ4v) is 2.80. The van der Waals surface area contributed by atoms with Gasteiger partial charge in [-0.15, -0.1) is 0 Å². The van der Waals surface area contributed by atoms with E-state index in [0.29, 0.717) is 10.7 Å². The maximum absolute atomic E-state index is 12.8. The van der Waals surface area contributed by atoms with Crippen molar-refractivity contribution >= 4 is 52.5 Å². The molecule has 1 N–H and O–H groups in total. The third-order valence-corrected chi connectivity index (χ3v) is 4.08. The first-order chi connectivity index (χ1) is 11.5. The minimum atomic E-state index is -0.510. The zero-order chi connectivity index (χ0) is 17.3. The third kappa shape index (κ3) is 3.22. The van der Waals surface area contributed by atoms with Gasteiger partial charge in [-0.2, -0.15) is 0 Å². The molecule has 0 spiro atoms. The number of aryl methyl sites for hydroxylation is 1. The van der Waals surface area contributed by atoms with E-state index in [1.165, 1.54) is 4.90 Å². The second-order valence-corrected chi connectivity index (χ2v) is 6.17. The highest BCUT2D eigenvalue weighted by molar-refractivity contribution is 7.80. The number of rotatable bonds is 2. The lowest BCUT2D eigenvalue weighted by atomic mass is 10.1. The van der Waals surface area contributed by atoms with Crippen molar-refractivity contribution in [2.45, 2.75) is 6.92 Å². The summed E-state index contributed by atoms with van der Waals surface area (Å²) in [7, 11) is 0. The Morgan fingerprint density at radius 1 is 1.12 bits per heavy atom. The van der Waals surface area contributed by atoms with Crippen LogP contribution in [0.2, 0.25) is 5.02 Å². The highest BCUT2D eigenvalue weighted by Crippen LogP contribution is 2.24. The monoisotopic (exact) mass is 356 g/mol. The summed E-state index contributed by atoms with van der Waals surface area (Å²) in [6.07, 6.45) is 1.55. The lowest BCUT2D eigenvalue weighted by Crippen LogP contribution is -2.54. The first-order valence-corrected chi connectivity index (χ1v) is 7.98. The van der Waals surface area contributed by atoms with Crippen LogP contribution in [-0.4, -0.2) is 16.9 Å². The summed E-state index contributed by atoms with van der Waals surface area (Å²) in [5.41, 5.74) is 2.39. The molecule has 1 fully saturated rings. The average Bonchev–Trinajstić information content (AvgIpc) is 2.53. The van der Waals surface area contributed by atoms with Crippen LogP contribution < -0.4 is 10.2 Å². The molecule has 0 radical (unpaired) electrons. The predicted molar refractivity (Wildman–Crippen MR) is 98.8 cm³/mol. The molecule has 0 bridgehead atoms. The van der Waals surface area contributed by atoms with Gasteiger partial charge in [0.1, 0.15) is 5.57 Å². The summed E-state index contributed by atoms with van der Waals surface area (Å²) in [5.74, 6) is -0.990. The van der Waals surface area contributed by atoms with Crippen LogP contribution in [0, 0.1) is 6.92 Å². The van der Waals surface area contributed by atoms with E-state index in [4.69, 9.17) is 23.8 Å². The van der Waals surface area contributed by atoms with Gasteiger partial charge in [0, 0.05) is 5.02 Å². The van der Waals surface area contributed by atoms with Crippen molar-refractivity contribution in [2.75, 3.05) is 4.90 Å². The second kappa shape index (κ2) is 6.55. The molecule has 120 valence electrons. The number of carbonyl (C=O) groups excluding carboxylic acids is 2. The molecule has 2 aromatic carbocycles. The molecule has 1 saturated heterocycles. The van der Waals surface area contributed by atoms with Gasteiger partial charge in [-0.1, -0.05) is 47.5 Å². The van der Waals surface area contributed by atoms with Gasteiger partial charge in [0.2, 0.25) is 0 Å². The molecular formula is C18H13ClN2O2S. The van der Waals surface area contributed by atoms with E-state index in [2.05, 4.69) is 5.32 Å². The Balaban J connectivity index is 2.01. The third-order valence-electron chi connectivity index (χ3n) is 3.56. The Morgan fingerprint density at radius 2 is 1.83 bits per heavy atom. The number of halogens is 1. The molecule has 24 heavy (non-hydrogen) atoms. The molecule has 0 aliphatic carbocycles. The smallest absolute Gasteiger partial charge is 0.270 e. The van der Waals surface area contributed by atoms with E-state index >= 15 is 0 Å². The standard InChI is InChI=1S/C18H13ClN2O2S/c1-11-5-7-12(8-6-11)9-15-16(22)20-18(24)21(17(15)23)14-4-2-3-13(19)10-14/h2-10H,1H3,(H,20,22,24). The van der Waals surface area contributed by atoms with Gasteiger partial charge < -0.3 is 0 Å². The summed E-state index contributed by atoms with van der Waals surface area (Å²) < 4.78 is 0. The maximum atomic E-state index is 12.8. The van der Waals surface area contributed by atoms with Gasteiger partial charge in [0.25, 0.3) is 11.8 Å². The van der Waals surface area contributed by atoms with E-state index in [9.17, 15) is 9.59 Å². The molecule has 1 heterocycles. The van der Waals surface area contributed by atoms with Crippen LogP contribution in [0.4, 0.5) is 5.69 Å². The Kier molecular flexibility index (Phi) is 4.46. The number of carbonyl (C=O) groups is 2. The van der Waals surface area contributed by atoms with Crippen LogP contribution >= 0.6 is 23.8 Å². The molecule has 2 amide bonds. The van der Waals surface area contributed by atoms with Crippen molar-refractivity contribution in [3.63, 3.8) is 0 Å². The SMILES string of the molecule is Cc1ccc(C=C2C(=O)NC(=S)N(c3cccc(Cl)c3)C2=O)cc1. The minimum absolute atomic E-state index is 0.0208. The highest BCUT2D eigenvalue weighted by Gasteiger charge is 2.34. The Hall–Kier alpha value is -2.50. The fraction of sp³-hybridized carbons (Fsp3) is 0.0556. The largest absolute Gasteiger partial charge is 0.298 e. The zero-order valence-corrected chi connectivity index (χ0v) is 14.3. The minimum Gasteiger partial charge on any atom is -0.298 e. The van der Waals surface area contributed by atoms with E-state index < -0.39 is 11.8 Å². The number of hydrogen-bond donors (Lipinski definition) is 1. The summed E-state index contributed by atoms with van der Waals surface area (Å²) in [6.45, 7) is 1.97. The van der Waals surface area contributed by atoms with Gasteiger partial charge in [0.15, 0.2) is 5.11 Å². The van der Waals surface area contributed by atoms with E-state index in [1.54, 1.807) is 30.3 Å². The Labute approximate surface area is 149 Å². The number of anilines is 1. The topological polar surface area (TPSA) is 49.4 Å². The lowest BCUT2D eigenvalue weighted by molar-refractivity contribution is -0.122. The quantitative estimate of drug-likeness (QED) is 0.509. The van der Waals surface area contributed by atoms with Gasteiger partial charge in [-0.25, -0.2) is 0 Å². The molecule has 0 saturated carbocycles. The van der Waals surface area contributed by atoms with Crippen LogP contribution in [0.1, 0.15) is 11.1 Å². The first kappa shape index (κ1) is 16.4. The van der Waals surface area contributed by atoms with Crippen molar-refractivity contribution in [1.82, 2.24) is 5.32 Å². The Morgan fingerprint density at radius 3 is 2.50 bits per heavy atom. The van der Waals surface area contributed by atoms with E-state index in [-0.39, 0.29) is 10.7 Å². The van der Waals surface area contributed by atoms with Gasteiger partial charge in [0.05, 0.1) is 5.69 Å². The lowest BCUT2D eigenvalue weighted by Gasteiger charge is -2.29. The van der Waals surface area contributed by atoms with Crippen LogP contribution in [0.25, 0.3) is 6.08 Å². The Bertz CT molecular complexity index is 875. The molecule has 0 atom stereocenters. The molecule has 6 heteroatoms. The maximum Gasteiger partial charge on any atom is 0.270 e. The van der Waals surface area contributed by atoms with Gasteiger partial charge in [-0.3, -0.25) is 19.8 Å². The van der Waals surface area contributed by atoms with Crippen molar-refractivity contribution in [2.24, 2.45) is 0 Å². The number of benzene rings is 2. The van der Waals surface area contributed by atoms with Crippen molar-refractivity contribution < 1.29 is 9.59 Å². The molecule has 2 aromatic rings. The number of thiocarbonyl (C=S) groups is 1. The average molecular weight is 357 g/mol. The van der Waals surface area contributed by atoms with Crippen LogP contribution in [-0.2, 0) is 9.59 Å². The van der Waals surface area contributed by atoms with Crippen molar-refractivity contribution in [1.29, 1.82) is 0 Å². The summed E-state index contributed by atoms with van der Waals surface area (Å²) in [5, 5.41) is 3.06. The summed E-state index contributed by atoms with van der Waals surface area (Å²) in [6, 6.07) is 14.3. The number of nitrogens with zero attached hydrogens (tertiary/aromatic N) is 1.